The quantitative estimate of drug-likeness (QED) is 0.402. The molecule has 5 heteroatoms. The molecular weight excluding hydrogens is 420 g/mol. The van der Waals surface area contributed by atoms with Crippen LogP contribution < -0.4 is 10.3 Å². The number of hydrogen-bond donors (Lipinski definition) is 1. The van der Waals surface area contributed by atoms with Gasteiger partial charge in [0.05, 0.1) is 22.9 Å². The van der Waals surface area contributed by atoms with Gasteiger partial charge in [-0.2, -0.15) is 0 Å². The van der Waals surface area contributed by atoms with Crippen LogP contribution in [0.2, 0.25) is 5.02 Å². The maximum Gasteiger partial charge on any atom is 0.264 e. The molecule has 0 atom stereocenters. The van der Waals surface area contributed by atoms with Crippen LogP contribution in [0.25, 0.3) is 11.3 Å². The van der Waals surface area contributed by atoms with Crippen LogP contribution in [0.5, 0.6) is 0 Å². The summed E-state index contributed by atoms with van der Waals surface area (Å²) in [6.45, 7) is 4.05. The first-order valence-corrected chi connectivity index (χ1v) is 10.7. The average molecular weight is 443 g/mol. The number of benzene rings is 3. The van der Waals surface area contributed by atoms with Crippen LogP contribution in [0.1, 0.15) is 27.2 Å². The van der Waals surface area contributed by atoms with Crippen LogP contribution in [0.3, 0.4) is 0 Å². The van der Waals surface area contributed by atoms with Crippen molar-refractivity contribution < 1.29 is 4.79 Å². The van der Waals surface area contributed by atoms with Crippen LogP contribution in [0.15, 0.2) is 89.7 Å². The molecular formula is C27H23ClN2O2. The van der Waals surface area contributed by atoms with Crippen molar-refractivity contribution in [1.29, 1.82) is 0 Å². The SMILES string of the molecule is Cc1cc(=O)c(C(=O)N(Cc2ccccc2)c2ccccc2Cl)c(-c2ccccc2C)[nH]1. The maximum absolute atomic E-state index is 14.0. The van der Waals surface area contributed by atoms with Crippen molar-refractivity contribution in [2.75, 3.05) is 4.90 Å². The molecule has 4 nitrogen and oxygen atoms in total. The third kappa shape index (κ3) is 4.36. The van der Waals surface area contributed by atoms with Crippen molar-refractivity contribution in [3.63, 3.8) is 0 Å². The average Bonchev–Trinajstić information content (AvgIpc) is 2.78. The van der Waals surface area contributed by atoms with Crippen LogP contribution in [0.4, 0.5) is 5.69 Å². The summed E-state index contributed by atoms with van der Waals surface area (Å²) < 4.78 is 0. The Hall–Kier alpha value is -3.63. The van der Waals surface area contributed by atoms with E-state index < -0.39 is 5.91 Å². The number of halogens is 1. The monoisotopic (exact) mass is 442 g/mol. The van der Waals surface area contributed by atoms with Gasteiger partial charge in [-0.25, -0.2) is 0 Å². The molecule has 0 fully saturated rings. The molecule has 4 rings (SSSR count). The number of pyridine rings is 1. The van der Waals surface area contributed by atoms with E-state index in [2.05, 4.69) is 4.98 Å². The molecule has 0 aliphatic rings. The Morgan fingerprint density at radius 2 is 1.56 bits per heavy atom. The number of aromatic amines is 1. The Balaban J connectivity index is 1.91. The van der Waals surface area contributed by atoms with E-state index in [1.807, 2.05) is 80.6 Å². The molecule has 0 spiro atoms. The number of hydrogen-bond acceptors (Lipinski definition) is 2. The van der Waals surface area contributed by atoms with Gasteiger partial charge in [-0.15, -0.1) is 0 Å². The highest BCUT2D eigenvalue weighted by molar-refractivity contribution is 6.34. The minimum absolute atomic E-state index is 0.0979. The molecule has 1 heterocycles. The lowest BCUT2D eigenvalue weighted by Gasteiger charge is -2.25. The van der Waals surface area contributed by atoms with Crippen LogP contribution in [-0.2, 0) is 6.54 Å². The second-order valence-corrected chi connectivity index (χ2v) is 8.12. The molecule has 3 aromatic carbocycles. The number of aryl methyl sites for hydroxylation is 2. The zero-order chi connectivity index (χ0) is 22.7. The molecule has 0 aliphatic heterocycles. The van der Waals surface area contributed by atoms with E-state index in [1.54, 1.807) is 17.0 Å². The summed E-state index contributed by atoms with van der Waals surface area (Å²) in [7, 11) is 0. The van der Waals surface area contributed by atoms with Crippen molar-refractivity contribution in [1.82, 2.24) is 4.98 Å². The summed E-state index contributed by atoms with van der Waals surface area (Å²) in [6, 6.07) is 26.0. The number of anilines is 1. The zero-order valence-electron chi connectivity index (χ0n) is 17.9. The Morgan fingerprint density at radius 1 is 0.906 bits per heavy atom. The summed E-state index contributed by atoms with van der Waals surface area (Å²) in [5.74, 6) is -0.401. The number of nitrogens with one attached hydrogen (secondary N) is 1. The zero-order valence-corrected chi connectivity index (χ0v) is 18.7. The summed E-state index contributed by atoms with van der Waals surface area (Å²) in [5.41, 5.74) is 4.25. The third-order valence-corrected chi connectivity index (χ3v) is 5.69. The van der Waals surface area contributed by atoms with Gasteiger partial charge < -0.3 is 9.88 Å². The molecule has 0 bridgehead atoms. The van der Waals surface area contributed by atoms with Crippen LogP contribution >= 0.6 is 11.6 Å². The van der Waals surface area contributed by atoms with Gasteiger partial charge in [0.2, 0.25) is 0 Å². The molecule has 0 unspecified atom stereocenters. The second-order valence-electron chi connectivity index (χ2n) is 7.71. The number of aromatic nitrogens is 1. The predicted molar refractivity (Wildman–Crippen MR) is 130 cm³/mol. The highest BCUT2D eigenvalue weighted by Gasteiger charge is 2.26. The van der Waals surface area contributed by atoms with E-state index in [9.17, 15) is 9.59 Å². The van der Waals surface area contributed by atoms with Gasteiger partial charge >= 0.3 is 0 Å². The van der Waals surface area contributed by atoms with E-state index in [-0.39, 0.29) is 17.5 Å². The fourth-order valence-corrected chi connectivity index (χ4v) is 4.03. The largest absolute Gasteiger partial charge is 0.358 e. The Morgan fingerprint density at radius 3 is 2.28 bits per heavy atom. The van der Waals surface area contributed by atoms with Gasteiger partial charge in [-0.1, -0.05) is 78.3 Å². The molecule has 1 aromatic heterocycles. The second kappa shape index (κ2) is 9.25. The number of nitrogens with zero attached hydrogens (tertiary/aromatic N) is 1. The van der Waals surface area contributed by atoms with E-state index in [0.29, 0.717) is 22.1 Å². The maximum atomic E-state index is 14.0. The van der Waals surface area contributed by atoms with E-state index >= 15 is 0 Å². The van der Waals surface area contributed by atoms with Crippen molar-refractivity contribution in [3.8, 4) is 11.3 Å². The number of amides is 1. The first-order chi connectivity index (χ1) is 15.5. The molecule has 1 N–H and O–H groups in total. The highest BCUT2D eigenvalue weighted by atomic mass is 35.5. The minimum atomic E-state index is -0.401. The van der Waals surface area contributed by atoms with Crippen molar-refractivity contribution in [3.05, 3.63) is 123 Å². The lowest BCUT2D eigenvalue weighted by Crippen LogP contribution is -2.35. The molecule has 0 aliphatic carbocycles. The summed E-state index contributed by atoms with van der Waals surface area (Å²) in [5, 5.41) is 0.442. The fourth-order valence-electron chi connectivity index (χ4n) is 3.79. The molecule has 160 valence electrons. The summed E-state index contributed by atoms with van der Waals surface area (Å²) in [4.78, 5) is 32.0. The fraction of sp³-hybridized carbons (Fsp3) is 0.111. The first-order valence-electron chi connectivity index (χ1n) is 10.4. The smallest absolute Gasteiger partial charge is 0.264 e. The van der Waals surface area contributed by atoms with Gasteiger partial charge in [0.25, 0.3) is 5.91 Å². The van der Waals surface area contributed by atoms with Gasteiger partial charge in [0.15, 0.2) is 5.43 Å². The van der Waals surface area contributed by atoms with Crippen LogP contribution in [-0.4, -0.2) is 10.9 Å². The lowest BCUT2D eigenvalue weighted by atomic mass is 9.99. The van der Waals surface area contributed by atoms with E-state index in [1.165, 1.54) is 6.07 Å². The standard InChI is InChI=1S/C27H23ClN2O2/c1-18-10-6-7-13-21(18)26-25(24(31)16-19(2)29-26)27(32)30(17-20-11-4-3-5-12-20)23-15-9-8-14-22(23)28/h3-16H,17H2,1-2H3,(H,29,31). The topological polar surface area (TPSA) is 53.2 Å². The Bertz CT molecular complexity index is 1330. The minimum Gasteiger partial charge on any atom is -0.358 e. The molecule has 0 radical (unpaired) electrons. The summed E-state index contributed by atoms with van der Waals surface area (Å²) in [6.07, 6.45) is 0. The van der Waals surface area contributed by atoms with Gasteiger partial charge in [0, 0.05) is 17.3 Å². The van der Waals surface area contributed by atoms with Crippen molar-refractivity contribution in [2.24, 2.45) is 0 Å². The van der Waals surface area contributed by atoms with Crippen molar-refractivity contribution in [2.45, 2.75) is 20.4 Å². The molecule has 32 heavy (non-hydrogen) atoms. The number of para-hydroxylation sites is 1. The van der Waals surface area contributed by atoms with Gasteiger partial charge in [-0.3, -0.25) is 9.59 Å². The van der Waals surface area contributed by atoms with Crippen LogP contribution in [0, 0.1) is 13.8 Å². The number of rotatable bonds is 5. The Kier molecular flexibility index (Phi) is 6.24. The highest BCUT2D eigenvalue weighted by Crippen LogP contribution is 2.30. The van der Waals surface area contributed by atoms with Crippen molar-refractivity contribution >= 4 is 23.2 Å². The Labute approximate surface area is 192 Å². The molecule has 0 saturated carbocycles. The first kappa shape index (κ1) is 21.6. The number of carbonyl (C=O) groups is 1. The van der Waals surface area contributed by atoms with E-state index in [4.69, 9.17) is 11.6 Å². The molecule has 4 aromatic rings. The normalized spacial score (nSPS) is 10.7. The predicted octanol–water partition coefficient (Wildman–Crippen LogP) is 6.16. The molecule has 1 amide bonds. The lowest BCUT2D eigenvalue weighted by molar-refractivity contribution is 0.0984. The van der Waals surface area contributed by atoms with Gasteiger partial charge in [-0.05, 0) is 37.1 Å². The third-order valence-electron chi connectivity index (χ3n) is 5.37. The van der Waals surface area contributed by atoms with Gasteiger partial charge in [0.1, 0.15) is 5.56 Å². The number of H-pyrrole nitrogens is 1. The summed E-state index contributed by atoms with van der Waals surface area (Å²) >= 11 is 6.48. The molecule has 0 saturated heterocycles. The van der Waals surface area contributed by atoms with E-state index in [0.717, 1.165) is 16.7 Å². The number of carbonyl (C=O) groups excluding carboxylic acids is 1.